The van der Waals surface area contributed by atoms with E-state index in [9.17, 15) is 8.42 Å². The van der Waals surface area contributed by atoms with Gasteiger partial charge in [0.05, 0.1) is 4.90 Å². The van der Waals surface area contributed by atoms with Gasteiger partial charge in [-0.05, 0) is 18.7 Å². The van der Waals surface area contributed by atoms with Crippen molar-refractivity contribution in [1.82, 2.24) is 10.3 Å². The number of aromatic nitrogens is 1. The Bertz CT molecular complexity index is 621. The lowest BCUT2D eigenvalue weighted by Gasteiger charge is -2.01. The molecule has 102 valence electrons. The van der Waals surface area contributed by atoms with Crippen molar-refractivity contribution in [3.8, 4) is 0 Å². The molecule has 4 nitrogen and oxygen atoms in total. The second-order valence-electron chi connectivity index (χ2n) is 4.07. The third kappa shape index (κ3) is 3.86. The van der Waals surface area contributed by atoms with Crippen LogP contribution in [0.5, 0.6) is 0 Å². The minimum absolute atomic E-state index is 0.0339. The van der Waals surface area contributed by atoms with E-state index >= 15 is 0 Å². The summed E-state index contributed by atoms with van der Waals surface area (Å²) in [7, 11) is -3.29. The summed E-state index contributed by atoms with van der Waals surface area (Å²) in [5.74, 6) is -0.0339. The second kappa shape index (κ2) is 6.27. The molecule has 0 bridgehead atoms. The summed E-state index contributed by atoms with van der Waals surface area (Å²) in [4.78, 5) is 5.58. The van der Waals surface area contributed by atoms with E-state index in [0.29, 0.717) is 9.90 Å². The maximum atomic E-state index is 12.2. The summed E-state index contributed by atoms with van der Waals surface area (Å²) in [6, 6.07) is 8.48. The predicted octanol–water partition coefficient (Wildman–Crippen LogP) is 2.23. The first-order valence-corrected chi connectivity index (χ1v) is 8.51. The van der Waals surface area contributed by atoms with Crippen LogP contribution in [0.3, 0.4) is 0 Å². The maximum absolute atomic E-state index is 12.2. The fourth-order valence-electron chi connectivity index (χ4n) is 1.62. The van der Waals surface area contributed by atoms with E-state index in [2.05, 4.69) is 10.3 Å². The Balaban J connectivity index is 2.10. The van der Waals surface area contributed by atoms with Gasteiger partial charge < -0.3 is 5.32 Å². The molecule has 6 heteroatoms. The molecule has 2 rings (SSSR count). The molecule has 0 saturated carbocycles. The molecule has 0 amide bonds. The number of rotatable bonds is 6. The van der Waals surface area contributed by atoms with Gasteiger partial charge in [-0.15, -0.1) is 11.3 Å². The Morgan fingerprint density at radius 2 is 2.00 bits per heavy atom. The highest BCUT2D eigenvalue weighted by Crippen LogP contribution is 2.20. The number of nitrogens with one attached hydrogen (secondary N) is 1. The molecule has 19 heavy (non-hydrogen) atoms. The maximum Gasteiger partial charge on any atom is 0.184 e. The SMILES string of the molecule is CCNCc1cnc(CS(=O)(=O)c2ccccc2)s1. The Labute approximate surface area is 117 Å². The highest BCUT2D eigenvalue weighted by atomic mass is 32.2. The van der Waals surface area contributed by atoms with Gasteiger partial charge in [-0.2, -0.15) is 0 Å². The fourth-order valence-corrected chi connectivity index (χ4v) is 4.15. The first-order valence-electron chi connectivity index (χ1n) is 6.04. The quantitative estimate of drug-likeness (QED) is 0.888. The molecule has 1 N–H and O–H groups in total. The number of benzene rings is 1. The van der Waals surface area contributed by atoms with Crippen LogP contribution < -0.4 is 5.32 Å². The molecular formula is C13H16N2O2S2. The zero-order valence-corrected chi connectivity index (χ0v) is 12.3. The van der Waals surface area contributed by atoms with Crippen LogP contribution in [0.2, 0.25) is 0 Å². The number of thiazole rings is 1. The molecule has 0 aliphatic carbocycles. The molecule has 0 aliphatic rings. The van der Waals surface area contributed by atoms with E-state index < -0.39 is 9.84 Å². The summed E-state index contributed by atoms with van der Waals surface area (Å²) in [6.45, 7) is 3.65. The summed E-state index contributed by atoms with van der Waals surface area (Å²) in [5, 5.41) is 3.83. The van der Waals surface area contributed by atoms with Crippen LogP contribution in [0, 0.1) is 0 Å². The number of nitrogens with zero attached hydrogens (tertiary/aromatic N) is 1. The Morgan fingerprint density at radius 3 is 2.68 bits per heavy atom. The van der Waals surface area contributed by atoms with E-state index in [4.69, 9.17) is 0 Å². The van der Waals surface area contributed by atoms with Gasteiger partial charge in [0.15, 0.2) is 9.84 Å². The minimum Gasteiger partial charge on any atom is -0.312 e. The van der Waals surface area contributed by atoms with E-state index in [1.807, 2.05) is 6.92 Å². The van der Waals surface area contributed by atoms with E-state index in [1.165, 1.54) is 11.3 Å². The molecule has 1 heterocycles. The molecule has 0 aliphatic heterocycles. The van der Waals surface area contributed by atoms with Gasteiger partial charge in [0.1, 0.15) is 10.8 Å². The summed E-state index contributed by atoms with van der Waals surface area (Å²) in [6.07, 6.45) is 1.74. The van der Waals surface area contributed by atoms with Crippen molar-refractivity contribution in [2.24, 2.45) is 0 Å². The molecule has 0 unspecified atom stereocenters. The first kappa shape index (κ1) is 14.2. The molecule has 0 fully saturated rings. The zero-order chi connectivity index (χ0) is 13.7. The highest BCUT2D eigenvalue weighted by molar-refractivity contribution is 7.90. The molecule has 1 aromatic heterocycles. The average molecular weight is 296 g/mol. The van der Waals surface area contributed by atoms with E-state index in [1.54, 1.807) is 36.5 Å². The Hall–Kier alpha value is -1.24. The Kier molecular flexibility index (Phi) is 4.68. The van der Waals surface area contributed by atoms with Crippen molar-refractivity contribution in [2.75, 3.05) is 6.54 Å². The van der Waals surface area contributed by atoms with Gasteiger partial charge in [-0.1, -0.05) is 25.1 Å². The van der Waals surface area contributed by atoms with Crippen molar-refractivity contribution in [2.45, 2.75) is 24.1 Å². The van der Waals surface area contributed by atoms with Crippen molar-refractivity contribution in [1.29, 1.82) is 0 Å². The second-order valence-corrected chi connectivity index (χ2v) is 7.26. The average Bonchev–Trinajstić information content (AvgIpc) is 2.84. The molecule has 0 radical (unpaired) electrons. The molecule has 0 spiro atoms. The fraction of sp³-hybridized carbons (Fsp3) is 0.308. The van der Waals surface area contributed by atoms with Crippen LogP contribution in [0.1, 0.15) is 16.8 Å². The van der Waals surface area contributed by atoms with Gasteiger partial charge >= 0.3 is 0 Å². The first-order chi connectivity index (χ1) is 9.12. The normalized spacial score (nSPS) is 11.6. The highest BCUT2D eigenvalue weighted by Gasteiger charge is 2.17. The lowest BCUT2D eigenvalue weighted by Crippen LogP contribution is -2.10. The van der Waals surface area contributed by atoms with Gasteiger partial charge in [0.2, 0.25) is 0 Å². The smallest absolute Gasteiger partial charge is 0.184 e. The van der Waals surface area contributed by atoms with Crippen molar-refractivity contribution in [3.63, 3.8) is 0 Å². The van der Waals surface area contributed by atoms with Crippen LogP contribution in [0.25, 0.3) is 0 Å². The third-order valence-electron chi connectivity index (χ3n) is 2.57. The van der Waals surface area contributed by atoms with Crippen molar-refractivity contribution < 1.29 is 8.42 Å². The van der Waals surface area contributed by atoms with Gasteiger partial charge in [-0.25, -0.2) is 13.4 Å². The largest absolute Gasteiger partial charge is 0.312 e. The molecule has 0 saturated heterocycles. The topological polar surface area (TPSA) is 59.1 Å². The van der Waals surface area contributed by atoms with Gasteiger partial charge in [0.25, 0.3) is 0 Å². The molecule has 2 aromatic rings. The van der Waals surface area contributed by atoms with Gasteiger partial charge in [0, 0.05) is 17.6 Å². The van der Waals surface area contributed by atoms with Crippen LogP contribution >= 0.6 is 11.3 Å². The molecule has 1 aromatic carbocycles. The summed E-state index contributed by atoms with van der Waals surface area (Å²) >= 11 is 1.44. The van der Waals surface area contributed by atoms with E-state index in [-0.39, 0.29) is 5.75 Å². The molecular weight excluding hydrogens is 280 g/mol. The van der Waals surface area contributed by atoms with Crippen LogP contribution in [-0.4, -0.2) is 19.9 Å². The lowest BCUT2D eigenvalue weighted by atomic mass is 10.4. The summed E-state index contributed by atoms with van der Waals surface area (Å²) < 4.78 is 24.4. The summed E-state index contributed by atoms with van der Waals surface area (Å²) in [5.41, 5.74) is 0. The standard InChI is InChI=1S/C13H16N2O2S2/c1-2-14-8-11-9-15-13(18-11)10-19(16,17)12-6-4-3-5-7-12/h3-7,9,14H,2,8,10H2,1H3. The molecule has 0 atom stereocenters. The number of hydrogen-bond donors (Lipinski definition) is 1. The monoisotopic (exact) mass is 296 g/mol. The number of hydrogen-bond acceptors (Lipinski definition) is 5. The van der Waals surface area contributed by atoms with E-state index in [0.717, 1.165) is 18.0 Å². The zero-order valence-electron chi connectivity index (χ0n) is 10.7. The lowest BCUT2D eigenvalue weighted by molar-refractivity contribution is 0.595. The van der Waals surface area contributed by atoms with Crippen LogP contribution in [0.4, 0.5) is 0 Å². The van der Waals surface area contributed by atoms with Crippen molar-refractivity contribution in [3.05, 3.63) is 46.4 Å². The predicted molar refractivity (Wildman–Crippen MR) is 76.8 cm³/mol. The van der Waals surface area contributed by atoms with Crippen LogP contribution in [0.15, 0.2) is 41.4 Å². The minimum atomic E-state index is -3.29. The van der Waals surface area contributed by atoms with Crippen molar-refractivity contribution >= 4 is 21.2 Å². The number of sulfone groups is 1. The third-order valence-corrected chi connectivity index (χ3v) is 5.39. The van der Waals surface area contributed by atoms with Gasteiger partial charge in [-0.3, -0.25) is 0 Å². The Morgan fingerprint density at radius 1 is 1.26 bits per heavy atom. The van der Waals surface area contributed by atoms with Crippen LogP contribution in [-0.2, 0) is 22.1 Å².